The number of ether oxygens (including phenoxy) is 1. The highest BCUT2D eigenvalue weighted by atomic mass is 79.9. The van der Waals surface area contributed by atoms with Crippen molar-refractivity contribution in [2.45, 2.75) is 17.7 Å². The summed E-state index contributed by atoms with van der Waals surface area (Å²) in [6.07, 6.45) is 5.14. The number of aromatic nitrogens is 2. The van der Waals surface area contributed by atoms with Crippen molar-refractivity contribution in [1.29, 1.82) is 0 Å². The summed E-state index contributed by atoms with van der Waals surface area (Å²) in [5.41, 5.74) is 3.44. The largest absolute Gasteiger partial charge is 0.384 e. The minimum Gasteiger partial charge on any atom is -0.384 e. The zero-order valence-corrected chi connectivity index (χ0v) is 20.4. The van der Waals surface area contributed by atoms with Crippen molar-refractivity contribution in [3.63, 3.8) is 0 Å². The van der Waals surface area contributed by atoms with Crippen molar-refractivity contribution in [2.75, 3.05) is 26.8 Å². The van der Waals surface area contributed by atoms with E-state index in [9.17, 15) is 12.8 Å². The summed E-state index contributed by atoms with van der Waals surface area (Å²) in [6, 6.07) is 13.0. The first-order chi connectivity index (χ1) is 15.8. The fourth-order valence-electron chi connectivity index (χ4n) is 4.87. The molecule has 1 unspecified atom stereocenters. The van der Waals surface area contributed by atoms with Crippen molar-refractivity contribution in [1.82, 2.24) is 14.1 Å². The van der Waals surface area contributed by atoms with E-state index in [4.69, 9.17) is 4.74 Å². The van der Waals surface area contributed by atoms with Gasteiger partial charge in [0.2, 0.25) is 10.0 Å². The average Bonchev–Trinajstić information content (AvgIpc) is 3.20. The average molecular weight is 532 g/mol. The summed E-state index contributed by atoms with van der Waals surface area (Å²) in [5, 5.41) is 4.54. The second-order valence-corrected chi connectivity index (χ2v) is 11.4. The molecule has 2 aromatic carbocycles. The van der Waals surface area contributed by atoms with Crippen LogP contribution in [0.25, 0.3) is 11.8 Å². The summed E-state index contributed by atoms with van der Waals surface area (Å²) in [5.74, 6) is -0.295. The molecule has 1 atom stereocenters. The summed E-state index contributed by atoms with van der Waals surface area (Å²) in [4.78, 5) is 0.275. The molecule has 9 heteroatoms. The van der Waals surface area contributed by atoms with Crippen LogP contribution in [0.1, 0.15) is 17.7 Å². The van der Waals surface area contributed by atoms with Gasteiger partial charge < -0.3 is 4.74 Å². The number of benzene rings is 2. The molecule has 172 valence electrons. The zero-order chi connectivity index (χ0) is 23.2. The van der Waals surface area contributed by atoms with Crippen LogP contribution in [0.3, 0.4) is 0 Å². The molecule has 1 fully saturated rings. The van der Waals surface area contributed by atoms with Crippen molar-refractivity contribution in [3.05, 3.63) is 81.8 Å². The lowest BCUT2D eigenvalue weighted by Gasteiger charge is -2.45. The van der Waals surface area contributed by atoms with Crippen molar-refractivity contribution in [3.8, 4) is 5.69 Å². The summed E-state index contributed by atoms with van der Waals surface area (Å²) in [7, 11) is -2.00. The van der Waals surface area contributed by atoms with Crippen LogP contribution in [0, 0.1) is 11.2 Å². The van der Waals surface area contributed by atoms with E-state index < -0.39 is 15.4 Å². The van der Waals surface area contributed by atoms with Crippen LogP contribution < -0.4 is 0 Å². The molecular formula is C24H23BrFN3O3S. The minimum atomic E-state index is -3.65. The van der Waals surface area contributed by atoms with Crippen LogP contribution in [-0.4, -0.2) is 49.3 Å². The number of sulfonamides is 1. The molecule has 1 aliphatic heterocycles. The van der Waals surface area contributed by atoms with Gasteiger partial charge in [-0.15, -0.1) is 0 Å². The number of fused-ring (bicyclic) bond motifs is 2. The van der Waals surface area contributed by atoms with E-state index in [0.717, 1.165) is 27.0 Å². The van der Waals surface area contributed by atoms with Crippen molar-refractivity contribution >= 4 is 32.0 Å². The molecular weight excluding hydrogens is 509 g/mol. The topological polar surface area (TPSA) is 64.4 Å². The first kappa shape index (κ1) is 22.5. The lowest BCUT2D eigenvalue weighted by molar-refractivity contribution is 0.0733. The quantitative estimate of drug-likeness (QED) is 0.488. The van der Waals surface area contributed by atoms with E-state index in [1.165, 1.54) is 12.1 Å². The summed E-state index contributed by atoms with van der Waals surface area (Å²) in [6.45, 7) is 1.14. The number of nitrogens with zero attached hydrogens (tertiary/aromatic N) is 3. The van der Waals surface area contributed by atoms with Gasteiger partial charge in [-0.1, -0.05) is 27.6 Å². The van der Waals surface area contributed by atoms with Gasteiger partial charge in [0.15, 0.2) is 0 Å². The third-order valence-corrected chi connectivity index (χ3v) is 8.78. The predicted octanol–water partition coefficient (Wildman–Crippen LogP) is 4.44. The molecule has 1 aromatic heterocycles. The molecule has 0 radical (unpaired) electrons. The Kier molecular flexibility index (Phi) is 5.76. The first-order valence-corrected chi connectivity index (χ1v) is 12.8. The molecule has 3 aromatic rings. The van der Waals surface area contributed by atoms with Gasteiger partial charge in [0.05, 0.1) is 29.1 Å². The lowest BCUT2D eigenvalue weighted by Crippen LogP contribution is -2.51. The van der Waals surface area contributed by atoms with E-state index in [0.29, 0.717) is 32.5 Å². The highest BCUT2D eigenvalue weighted by Gasteiger charge is 2.46. The fourth-order valence-corrected chi connectivity index (χ4v) is 6.99. The second-order valence-electron chi connectivity index (χ2n) is 8.55. The number of halogens is 2. The number of piperidine rings is 1. The Balaban J connectivity index is 1.51. The molecule has 0 saturated carbocycles. The maximum atomic E-state index is 13.4. The maximum absolute atomic E-state index is 13.4. The van der Waals surface area contributed by atoms with Crippen molar-refractivity contribution in [2.24, 2.45) is 5.41 Å². The smallest absolute Gasteiger partial charge is 0.243 e. The Labute approximate surface area is 200 Å². The molecule has 1 aliphatic carbocycles. The number of hydrogen-bond acceptors (Lipinski definition) is 4. The molecule has 0 N–H and O–H groups in total. The van der Waals surface area contributed by atoms with E-state index >= 15 is 0 Å². The van der Waals surface area contributed by atoms with Crippen LogP contribution in [0.5, 0.6) is 0 Å². The Morgan fingerprint density at radius 2 is 2.00 bits per heavy atom. The van der Waals surface area contributed by atoms with E-state index in [-0.39, 0.29) is 10.7 Å². The zero-order valence-electron chi connectivity index (χ0n) is 18.0. The van der Waals surface area contributed by atoms with Crippen LogP contribution in [-0.2, 0) is 21.2 Å². The monoisotopic (exact) mass is 531 g/mol. The molecule has 2 aliphatic rings. The molecule has 0 spiro atoms. The van der Waals surface area contributed by atoms with Crippen molar-refractivity contribution < 1.29 is 17.5 Å². The fraction of sp³-hybridized carbons (Fsp3) is 0.292. The van der Waals surface area contributed by atoms with Crippen LogP contribution in [0.15, 0.2) is 69.7 Å². The molecule has 6 nitrogen and oxygen atoms in total. The standard InChI is InChI=1S/C24H23BrFN3O3S/c1-32-16-24-13-17-14-27-29(21-7-5-20(26)6-8-21)23(17)11-18(24)9-10-28(15-24)33(30,31)22-4-2-3-19(25)12-22/h2-8,11-12,14H,9-10,13,15-16H2,1H3. The van der Waals surface area contributed by atoms with E-state index in [2.05, 4.69) is 27.1 Å². The number of rotatable bonds is 5. The number of hydrogen-bond donors (Lipinski definition) is 0. The second kappa shape index (κ2) is 8.47. The van der Waals surface area contributed by atoms with Crippen LogP contribution in [0.4, 0.5) is 4.39 Å². The van der Waals surface area contributed by atoms with Crippen LogP contribution >= 0.6 is 15.9 Å². The summed E-state index contributed by atoms with van der Waals surface area (Å²) < 4.78 is 49.9. The molecule has 0 bridgehead atoms. The Hall–Kier alpha value is -2.33. The van der Waals surface area contributed by atoms with Gasteiger partial charge in [0, 0.05) is 30.1 Å². The van der Waals surface area contributed by atoms with E-state index in [1.54, 1.807) is 41.7 Å². The highest BCUT2D eigenvalue weighted by Crippen LogP contribution is 2.45. The van der Waals surface area contributed by atoms with Gasteiger partial charge in [-0.25, -0.2) is 17.5 Å². The third kappa shape index (κ3) is 3.97. The molecule has 0 amide bonds. The van der Waals surface area contributed by atoms with Gasteiger partial charge in [0.1, 0.15) is 5.82 Å². The maximum Gasteiger partial charge on any atom is 0.243 e. The minimum absolute atomic E-state index is 0.275. The Bertz CT molecular complexity index is 1340. The molecule has 2 heterocycles. The van der Waals surface area contributed by atoms with Gasteiger partial charge in [-0.3, -0.25) is 0 Å². The Morgan fingerprint density at radius 3 is 2.73 bits per heavy atom. The highest BCUT2D eigenvalue weighted by molar-refractivity contribution is 9.10. The van der Waals surface area contributed by atoms with Gasteiger partial charge in [-0.05, 0) is 66.9 Å². The van der Waals surface area contributed by atoms with Crippen LogP contribution in [0.2, 0.25) is 0 Å². The number of methoxy groups -OCH3 is 1. The first-order valence-electron chi connectivity index (χ1n) is 10.6. The molecule has 1 saturated heterocycles. The normalized spacial score (nSPS) is 20.8. The lowest BCUT2D eigenvalue weighted by atomic mass is 9.69. The van der Waals surface area contributed by atoms with Gasteiger partial charge in [0.25, 0.3) is 0 Å². The summed E-state index contributed by atoms with van der Waals surface area (Å²) >= 11 is 3.37. The molecule has 33 heavy (non-hydrogen) atoms. The molecule has 5 rings (SSSR count). The van der Waals surface area contributed by atoms with E-state index in [1.807, 2.05) is 16.9 Å². The third-order valence-electron chi connectivity index (χ3n) is 6.44. The predicted molar refractivity (Wildman–Crippen MR) is 127 cm³/mol. The Morgan fingerprint density at radius 1 is 1.21 bits per heavy atom. The SMILES string of the molecule is COCC12Cc3cnn(-c4ccc(F)cc4)c3C=C1CCN(S(=O)(=O)c1cccc(Br)c1)C2. The van der Waals surface area contributed by atoms with Gasteiger partial charge in [-0.2, -0.15) is 9.40 Å². The van der Waals surface area contributed by atoms with Gasteiger partial charge >= 0.3 is 0 Å².